The van der Waals surface area contributed by atoms with Crippen LogP contribution in [0.1, 0.15) is 35.7 Å². The Morgan fingerprint density at radius 2 is 1.68 bits per heavy atom. The number of hydrogen-bond acceptors (Lipinski definition) is 5. The number of carbonyl (C=O) groups excluding carboxylic acids is 3. The number of amides is 3. The van der Waals surface area contributed by atoms with Crippen molar-refractivity contribution in [3.8, 4) is 5.75 Å². The van der Waals surface area contributed by atoms with Crippen LogP contribution in [0, 0.1) is 6.92 Å². The molecule has 0 radical (unpaired) electrons. The van der Waals surface area contributed by atoms with Gasteiger partial charge in [0.05, 0.1) is 18.0 Å². The number of benzene rings is 3. The molecule has 0 aromatic heterocycles. The predicted molar refractivity (Wildman–Crippen MR) is 146 cm³/mol. The highest BCUT2D eigenvalue weighted by Gasteiger charge is 2.39. The van der Waals surface area contributed by atoms with Crippen LogP contribution in [-0.4, -0.2) is 24.3 Å². The van der Waals surface area contributed by atoms with E-state index in [9.17, 15) is 14.4 Å². The molecule has 3 aromatic carbocycles. The number of ether oxygens (including phenoxy) is 1. The molecule has 0 saturated heterocycles. The average Bonchev–Trinajstić information content (AvgIpc) is 3.10. The van der Waals surface area contributed by atoms with Crippen molar-refractivity contribution in [2.75, 3.05) is 22.1 Å². The van der Waals surface area contributed by atoms with Gasteiger partial charge in [0.25, 0.3) is 17.7 Å². The summed E-state index contributed by atoms with van der Waals surface area (Å²) in [7, 11) is 0. The number of rotatable bonds is 9. The van der Waals surface area contributed by atoms with Crippen LogP contribution in [0.2, 0.25) is 5.02 Å². The van der Waals surface area contributed by atoms with Crippen LogP contribution >= 0.6 is 23.2 Å². The molecule has 3 amide bonds. The number of hydrogen-bond donors (Lipinski definition) is 2. The van der Waals surface area contributed by atoms with Crippen LogP contribution in [0.15, 0.2) is 77.5 Å². The van der Waals surface area contributed by atoms with Crippen LogP contribution in [0.5, 0.6) is 5.75 Å². The fraction of sp³-hybridized carbons (Fsp3) is 0.179. The minimum Gasteiger partial charge on any atom is -0.491 e. The zero-order valence-electron chi connectivity index (χ0n) is 20.3. The maximum atomic E-state index is 13.1. The molecule has 1 aliphatic heterocycles. The molecule has 190 valence electrons. The van der Waals surface area contributed by atoms with Crippen LogP contribution in [-0.2, 0) is 9.59 Å². The van der Waals surface area contributed by atoms with Gasteiger partial charge in [0.15, 0.2) is 0 Å². The number of anilines is 3. The summed E-state index contributed by atoms with van der Waals surface area (Å²) in [4.78, 5) is 39.7. The number of nitrogens with one attached hydrogen (secondary N) is 2. The third-order valence-electron chi connectivity index (χ3n) is 5.81. The van der Waals surface area contributed by atoms with Crippen molar-refractivity contribution in [1.82, 2.24) is 0 Å². The zero-order valence-corrected chi connectivity index (χ0v) is 21.8. The Labute approximate surface area is 225 Å². The molecule has 0 aliphatic carbocycles. The molecule has 0 bridgehead atoms. The molecule has 7 nitrogen and oxygen atoms in total. The van der Waals surface area contributed by atoms with Gasteiger partial charge >= 0.3 is 0 Å². The number of nitrogens with zero attached hydrogens (tertiary/aromatic N) is 1. The summed E-state index contributed by atoms with van der Waals surface area (Å²) in [5, 5.41) is 5.98. The second-order valence-electron chi connectivity index (χ2n) is 8.37. The summed E-state index contributed by atoms with van der Waals surface area (Å²) >= 11 is 12.4. The van der Waals surface area contributed by atoms with Gasteiger partial charge in [-0.25, -0.2) is 4.90 Å². The predicted octanol–water partition coefficient (Wildman–Crippen LogP) is 6.52. The molecule has 0 unspecified atom stereocenters. The monoisotopic (exact) mass is 537 g/mol. The largest absolute Gasteiger partial charge is 0.491 e. The van der Waals surface area contributed by atoms with Crippen molar-refractivity contribution >= 4 is 58.0 Å². The van der Waals surface area contributed by atoms with Crippen LogP contribution in [0.4, 0.5) is 17.1 Å². The maximum absolute atomic E-state index is 13.1. The molecular weight excluding hydrogens is 513 g/mol. The van der Waals surface area contributed by atoms with Gasteiger partial charge in [-0.1, -0.05) is 54.7 Å². The number of carbonyl (C=O) groups is 3. The minimum absolute atomic E-state index is 0.0543. The third kappa shape index (κ3) is 5.63. The molecule has 0 atom stereocenters. The number of halogens is 2. The molecule has 4 rings (SSSR count). The van der Waals surface area contributed by atoms with Crippen molar-refractivity contribution in [3.05, 3.63) is 93.6 Å². The summed E-state index contributed by atoms with van der Waals surface area (Å²) in [5.41, 5.74) is 2.36. The molecule has 0 saturated carbocycles. The molecule has 0 fully saturated rings. The van der Waals surface area contributed by atoms with Gasteiger partial charge in [-0.3, -0.25) is 14.4 Å². The highest BCUT2D eigenvalue weighted by molar-refractivity contribution is 6.53. The van der Waals surface area contributed by atoms with E-state index in [1.54, 1.807) is 55.5 Å². The van der Waals surface area contributed by atoms with Gasteiger partial charge < -0.3 is 15.4 Å². The standard InChI is InChI=1S/C28H25Cl2N3O4/c1-3-4-16-37-23-11-6-5-9-21(23)32-26(34)18-12-14-19(15-13-18)31-25-24(30)27(35)33(28(25)36)22-10-7-8-20(29)17(22)2/h5-15,31H,3-4,16H2,1-2H3,(H,32,34). The molecule has 1 aliphatic rings. The molecular formula is C28H25Cl2N3O4. The van der Waals surface area contributed by atoms with E-state index in [1.807, 2.05) is 18.2 Å². The smallest absolute Gasteiger partial charge is 0.283 e. The Hall–Kier alpha value is -3.81. The molecule has 1 heterocycles. The SMILES string of the molecule is CCCCOc1ccccc1NC(=O)c1ccc(NC2=C(Cl)C(=O)N(c3cccc(Cl)c3C)C2=O)cc1. The number of unbranched alkanes of at least 4 members (excludes halogenated alkanes) is 1. The molecule has 37 heavy (non-hydrogen) atoms. The Morgan fingerprint density at radius 1 is 0.946 bits per heavy atom. The first-order chi connectivity index (χ1) is 17.8. The minimum atomic E-state index is -0.643. The summed E-state index contributed by atoms with van der Waals surface area (Å²) < 4.78 is 5.78. The second kappa shape index (κ2) is 11.5. The summed E-state index contributed by atoms with van der Waals surface area (Å²) in [6.45, 7) is 4.37. The topological polar surface area (TPSA) is 87.7 Å². The van der Waals surface area contributed by atoms with E-state index in [4.69, 9.17) is 27.9 Å². The van der Waals surface area contributed by atoms with Crippen molar-refractivity contribution in [1.29, 1.82) is 0 Å². The van der Waals surface area contributed by atoms with Gasteiger partial charge in [-0.15, -0.1) is 0 Å². The Kier molecular flexibility index (Phi) is 8.16. The van der Waals surface area contributed by atoms with Gasteiger partial charge in [0.1, 0.15) is 16.5 Å². The lowest BCUT2D eigenvalue weighted by atomic mass is 10.1. The molecule has 2 N–H and O–H groups in total. The first-order valence-electron chi connectivity index (χ1n) is 11.8. The molecule has 3 aromatic rings. The number of para-hydroxylation sites is 2. The van der Waals surface area contributed by atoms with Crippen LogP contribution < -0.4 is 20.3 Å². The second-order valence-corrected chi connectivity index (χ2v) is 9.16. The molecule has 0 spiro atoms. The fourth-order valence-corrected chi connectivity index (χ4v) is 4.12. The van der Waals surface area contributed by atoms with Gasteiger partial charge in [0, 0.05) is 16.3 Å². The van der Waals surface area contributed by atoms with E-state index in [-0.39, 0.29) is 16.6 Å². The lowest BCUT2D eigenvalue weighted by molar-refractivity contribution is -0.120. The van der Waals surface area contributed by atoms with Crippen molar-refractivity contribution in [3.63, 3.8) is 0 Å². The lowest BCUT2D eigenvalue weighted by Crippen LogP contribution is -2.32. The van der Waals surface area contributed by atoms with E-state index in [2.05, 4.69) is 17.6 Å². The Morgan fingerprint density at radius 3 is 2.41 bits per heavy atom. The fourth-order valence-electron chi connectivity index (χ4n) is 3.73. The van der Waals surface area contributed by atoms with Crippen molar-refractivity contribution in [2.45, 2.75) is 26.7 Å². The van der Waals surface area contributed by atoms with E-state index < -0.39 is 11.8 Å². The van der Waals surface area contributed by atoms with Crippen molar-refractivity contribution in [2.24, 2.45) is 0 Å². The Balaban J connectivity index is 1.46. The number of imide groups is 1. The van der Waals surface area contributed by atoms with Crippen LogP contribution in [0.3, 0.4) is 0 Å². The highest BCUT2D eigenvalue weighted by Crippen LogP contribution is 2.34. The normalized spacial score (nSPS) is 13.2. The first-order valence-corrected chi connectivity index (χ1v) is 12.5. The van der Waals surface area contributed by atoms with E-state index in [0.717, 1.165) is 17.7 Å². The Bertz CT molecular complexity index is 1390. The zero-order chi connectivity index (χ0) is 26.5. The average molecular weight is 538 g/mol. The quantitative estimate of drug-likeness (QED) is 0.239. The summed E-state index contributed by atoms with van der Waals surface area (Å²) in [6, 6.07) is 18.7. The van der Waals surface area contributed by atoms with Gasteiger partial charge in [-0.05, 0) is 67.4 Å². The molecule has 9 heteroatoms. The van der Waals surface area contributed by atoms with Gasteiger partial charge in [-0.2, -0.15) is 0 Å². The van der Waals surface area contributed by atoms with E-state index in [0.29, 0.717) is 45.6 Å². The first kappa shape index (κ1) is 26.3. The van der Waals surface area contributed by atoms with Crippen LogP contribution in [0.25, 0.3) is 0 Å². The van der Waals surface area contributed by atoms with Crippen molar-refractivity contribution < 1.29 is 19.1 Å². The van der Waals surface area contributed by atoms with Gasteiger partial charge in [0.2, 0.25) is 0 Å². The summed E-state index contributed by atoms with van der Waals surface area (Å²) in [6.07, 6.45) is 1.93. The van der Waals surface area contributed by atoms with E-state index in [1.165, 1.54) is 0 Å². The van der Waals surface area contributed by atoms with E-state index >= 15 is 0 Å². The third-order valence-corrected chi connectivity index (χ3v) is 6.57. The lowest BCUT2D eigenvalue weighted by Gasteiger charge is -2.18. The summed E-state index contributed by atoms with van der Waals surface area (Å²) in [5.74, 6) is -0.949. The maximum Gasteiger partial charge on any atom is 0.283 e. The highest BCUT2D eigenvalue weighted by atomic mass is 35.5.